The van der Waals surface area contributed by atoms with Crippen molar-refractivity contribution in [2.24, 2.45) is 5.92 Å². The number of likely N-dealkylation sites (tertiary alicyclic amines) is 1. The molecule has 0 unspecified atom stereocenters. The number of ether oxygens (including phenoxy) is 3. The van der Waals surface area contributed by atoms with Crippen LogP contribution in [0.15, 0.2) is 36.5 Å². The lowest BCUT2D eigenvalue weighted by Gasteiger charge is -2.33. The Morgan fingerprint density at radius 3 is 2.52 bits per heavy atom. The number of methoxy groups -OCH3 is 1. The van der Waals surface area contributed by atoms with Gasteiger partial charge in [0.25, 0.3) is 0 Å². The van der Waals surface area contributed by atoms with E-state index < -0.39 is 0 Å². The molecule has 2 aliphatic rings. The lowest BCUT2D eigenvalue weighted by molar-refractivity contribution is 0.122. The highest BCUT2D eigenvalue weighted by Crippen LogP contribution is 2.29. The van der Waals surface area contributed by atoms with Crippen LogP contribution in [0.1, 0.15) is 32.3 Å². The maximum atomic E-state index is 5.98. The van der Waals surface area contributed by atoms with Gasteiger partial charge in [-0.15, -0.1) is 0 Å². The zero-order chi connectivity index (χ0) is 23.0. The number of rotatable bonds is 9. The first-order valence-corrected chi connectivity index (χ1v) is 12.2. The van der Waals surface area contributed by atoms with Crippen LogP contribution in [0.5, 0.6) is 11.5 Å². The molecule has 0 saturated carbocycles. The van der Waals surface area contributed by atoms with Crippen molar-refractivity contribution in [3.63, 3.8) is 0 Å². The molecule has 1 N–H and O–H groups in total. The Kier molecular flexibility index (Phi) is 8.29. The van der Waals surface area contributed by atoms with Gasteiger partial charge in [0.2, 0.25) is 0 Å². The molecule has 0 radical (unpaired) electrons. The Balaban J connectivity index is 1.25. The van der Waals surface area contributed by atoms with Crippen LogP contribution >= 0.6 is 0 Å². The van der Waals surface area contributed by atoms with Gasteiger partial charge in [0.05, 0.1) is 38.8 Å². The predicted octanol–water partition coefficient (Wildman–Crippen LogP) is 4.04. The predicted molar refractivity (Wildman–Crippen MR) is 133 cm³/mol. The largest absolute Gasteiger partial charge is 0.493 e. The number of anilines is 2. The smallest absolute Gasteiger partial charge is 0.161 e. The molecule has 1 aromatic heterocycles. The second-order valence-corrected chi connectivity index (χ2v) is 9.39. The van der Waals surface area contributed by atoms with Gasteiger partial charge in [-0.05, 0) is 48.6 Å². The highest BCUT2D eigenvalue weighted by molar-refractivity contribution is 5.49. The number of aromatic nitrogens is 1. The van der Waals surface area contributed by atoms with Crippen LogP contribution < -0.4 is 19.7 Å². The molecule has 3 heterocycles. The minimum atomic E-state index is 0.482. The Bertz CT molecular complexity index is 860. The molecule has 0 atom stereocenters. The summed E-state index contributed by atoms with van der Waals surface area (Å²) in [6, 6.07) is 11.1. The molecule has 0 amide bonds. The molecule has 7 nitrogen and oxygen atoms in total. The number of nitrogens with zero attached hydrogens (tertiary/aromatic N) is 3. The van der Waals surface area contributed by atoms with Crippen molar-refractivity contribution in [2.45, 2.75) is 39.3 Å². The third-order valence-electron chi connectivity index (χ3n) is 6.25. The van der Waals surface area contributed by atoms with Crippen LogP contribution in [0.3, 0.4) is 0 Å². The van der Waals surface area contributed by atoms with Crippen LogP contribution in [0.2, 0.25) is 0 Å². The number of nitrogens with one attached hydrogen (secondary N) is 1. The third-order valence-corrected chi connectivity index (χ3v) is 6.25. The Morgan fingerprint density at radius 1 is 1.06 bits per heavy atom. The number of pyridine rings is 1. The fraction of sp³-hybridized carbons (Fsp3) is 0.577. The van der Waals surface area contributed by atoms with Crippen molar-refractivity contribution in [1.29, 1.82) is 0 Å². The van der Waals surface area contributed by atoms with Gasteiger partial charge in [0.1, 0.15) is 5.82 Å². The molecule has 180 valence electrons. The molecule has 0 bridgehead atoms. The van der Waals surface area contributed by atoms with Gasteiger partial charge in [-0.1, -0.05) is 19.9 Å². The van der Waals surface area contributed by atoms with Gasteiger partial charge in [0, 0.05) is 38.8 Å². The van der Waals surface area contributed by atoms with Gasteiger partial charge in [-0.25, -0.2) is 4.98 Å². The minimum absolute atomic E-state index is 0.482. The number of morpholine rings is 1. The van der Waals surface area contributed by atoms with E-state index in [4.69, 9.17) is 14.2 Å². The Hall–Kier alpha value is -2.51. The summed E-state index contributed by atoms with van der Waals surface area (Å²) in [6.07, 6.45) is 4.21. The van der Waals surface area contributed by atoms with E-state index in [1.165, 1.54) is 5.56 Å². The summed E-state index contributed by atoms with van der Waals surface area (Å²) in [6.45, 7) is 11.5. The molecule has 33 heavy (non-hydrogen) atoms. The fourth-order valence-corrected chi connectivity index (χ4v) is 4.37. The topological polar surface area (TPSA) is 59.1 Å². The summed E-state index contributed by atoms with van der Waals surface area (Å²) in [4.78, 5) is 9.46. The molecule has 2 fully saturated rings. The summed E-state index contributed by atoms with van der Waals surface area (Å²) in [5.74, 6) is 3.16. The van der Waals surface area contributed by atoms with Crippen LogP contribution in [-0.4, -0.2) is 69.0 Å². The van der Waals surface area contributed by atoms with Crippen LogP contribution in [0.4, 0.5) is 11.5 Å². The van der Waals surface area contributed by atoms with Crippen molar-refractivity contribution in [1.82, 2.24) is 9.88 Å². The minimum Gasteiger partial charge on any atom is -0.493 e. The van der Waals surface area contributed by atoms with Crippen LogP contribution in [-0.2, 0) is 11.3 Å². The van der Waals surface area contributed by atoms with E-state index in [1.54, 1.807) is 7.11 Å². The van der Waals surface area contributed by atoms with Gasteiger partial charge >= 0.3 is 0 Å². The average molecular weight is 455 g/mol. The average Bonchev–Trinajstić information content (AvgIpc) is 2.85. The van der Waals surface area contributed by atoms with Crippen LogP contribution in [0.25, 0.3) is 0 Å². The zero-order valence-corrected chi connectivity index (χ0v) is 20.3. The molecule has 0 aliphatic carbocycles. The zero-order valence-electron chi connectivity index (χ0n) is 20.3. The number of hydrogen-bond donors (Lipinski definition) is 1. The van der Waals surface area contributed by atoms with E-state index >= 15 is 0 Å². The molecule has 2 aliphatic heterocycles. The lowest BCUT2D eigenvalue weighted by atomic mass is 10.0. The molecule has 7 heteroatoms. The third kappa shape index (κ3) is 6.74. The summed E-state index contributed by atoms with van der Waals surface area (Å²) >= 11 is 0. The summed E-state index contributed by atoms with van der Waals surface area (Å²) < 4.78 is 16.9. The van der Waals surface area contributed by atoms with E-state index in [0.717, 1.165) is 81.8 Å². The highest BCUT2D eigenvalue weighted by atomic mass is 16.5. The second kappa shape index (κ2) is 11.6. The maximum absolute atomic E-state index is 5.98. The maximum Gasteiger partial charge on any atom is 0.161 e. The molecule has 1 aromatic carbocycles. The highest BCUT2D eigenvalue weighted by Gasteiger charge is 2.20. The Labute approximate surface area is 198 Å². The van der Waals surface area contributed by atoms with Crippen molar-refractivity contribution >= 4 is 11.5 Å². The van der Waals surface area contributed by atoms with E-state index in [1.807, 2.05) is 12.3 Å². The molecule has 2 aromatic rings. The van der Waals surface area contributed by atoms with Crippen LogP contribution in [0, 0.1) is 5.92 Å². The van der Waals surface area contributed by atoms with Gasteiger partial charge in [-0.2, -0.15) is 0 Å². The van der Waals surface area contributed by atoms with Crippen molar-refractivity contribution in [3.05, 3.63) is 42.1 Å². The van der Waals surface area contributed by atoms with Gasteiger partial charge in [0.15, 0.2) is 11.5 Å². The molecule has 0 spiro atoms. The Morgan fingerprint density at radius 2 is 1.85 bits per heavy atom. The second-order valence-electron chi connectivity index (χ2n) is 9.39. The first-order chi connectivity index (χ1) is 16.1. The number of benzene rings is 1. The molecular formula is C26H38N4O3. The first-order valence-electron chi connectivity index (χ1n) is 12.2. The van der Waals surface area contributed by atoms with E-state index in [-0.39, 0.29) is 0 Å². The lowest BCUT2D eigenvalue weighted by Crippen LogP contribution is -2.38. The molecular weight excluding hydrogens is 416 g/mol. The number of piperidine rings is 1. The summed E-state index contributed by atoms with van der Waals surface area (Å²) in [7, 11) is 1.70. The van der Waals surface area contributed by atoms with E-state index in [9.17, 15) is 0 Å². The summed E-state index contributed by atoms with van der Waals surface area (Å²) in [5, 5.41) is 3.68. The quantitative estimate of drug-likeness (QED) is 0.614. The monoisotopic (exact) mass is 454 g/mol. The molecule has 4 rings (SSSR count). The SMILES string of the molecule is COc1ccc(CN2CCC(Nc3ccc(N4CCOCC4)nc3)CC2)cc1OCC(C)C. The number of hydrogen-bond acceptors (Lipinski definition) is 7. The normalized spacial score (nSPS) is 17.9. The van der Waals surface area contributed by atoms with Crippen molar-refractivity contribution < 1.29 is 14.2 Å². The first kappa shape index (κ1) is 23.6. The van der Waals surface area contributed by atoms with Gasteiger partial charge < -0.3 is 24.4 Å². The standard InChI is InChI=1S/C26H38N4O3/c1-20(2)19-33-25-16-21(4-6-24(25)31-3)18-29-10-8-22(9-11-29)28-23-5-7-26(27-17-23)30-12-14-32-15-13-30/h4-7,16-17,20,22,28H,8-15,18-19H2,1-3H3. The van der Waals surface area contributed by atoms with Gasteiger partial charge in [-0.3, -0.25) is 4.90 Å². The fourth-order valence-electron chi connectivity index (χ4n) is 4.37. The summed E-state index contributed by atoms with van der Waals surface area (Å²) in [5.41, 5.74) is 2.37. The molecule has 2 saturated heterocycles. The van der Waals surface area contributed by atoms with E-state index in [0.29, 0.717) is 18.6 Å². The van der Waals surface area contributed by atoms with Crippen molar-refractivity contribution in [3.8, 4) is 11.5 Å². The van der Waals surface area contributed by atoms with Crippen molar-refractivity contribution in [2.75, 3.05) is 63.3 Å². The van der Waals surface area contributed by atoms with E-state index in [2.05, 4.69) is 58.2 Å².